The molecule has 0 aliphatic carbocycles. The zero-order chi connectivity index (χ0) is 34.6. The van der Waals surface area contributed by atoms with E-state index >= 15 is 4.39 Å². The van der Waals surface area contributed by atoms with Crippen LogP contribution in [0.15, 0.2) is 35.8 Å². The van der Waals surface area contributed by atoms with Gasteiger partial charge in [0.25, 0.3) is 5.56 Å². The number of aromatic hydroxyl groups is 1. The molecular formula is C33H29Cl3F2N6O3. The molecular weight excluding hydrogens is 673 g/mol. The van der Waals surface area contributed by atoms with Gasteiger partial charge in [-0.05, 0) is 50.5 Å². The summed E-state index contributed by atoms with van der Waals surface area (Å²) in [5, 5.41) is 19.4. The molecule has 4 heterocycles. The van der Waals surface area contributed by atoms with E-state index in [1.807, 2.05) is 32.6 Å². The Bertz CT molecular complexity index is 2050. The molecule has 3 aromatic heterocycles. The summed E-state index contributed by atoms with van der Waals surface area (Å²) in [7, 11) is 0. The Morgan fingerprint density at radius 2 is 1.79 bits per heavy atom. The molecule has 1 amide bonds. The highest BCUT2D eigenvalue weighted by Crippen LogP contribution is 2.46. The molecule has 1 aromatic carbocycles. The lowest BCUT2D eigenvalue weighted by Gasteiger charge is -2.45. The number of halogens is 5. The fourth-order valence-electron chi connectivity index (χ4n) is 6.24. The summed E-state index contributed by atoms with van der Waals surface area (Å²) >= 11 is 18.8. The van der Waals surface area contributed by atoms with Crippen LogP contribution in [0.3, 0.4) is 0 Å². The van der Waals surface area contributed by atoms with E-state index in [9.17, 15) is 24.3 Å². The molecule has 244 valence electrons. The summed E-state index contributed by atoms with van der Waals surface area (Å²) in [5.74, 6) is -4.45. The highest BCUT2D eigenvalue weighted by molar-refractivity contribution is 6.40. The molecule has 1 saturated heterocycles. The summed E-state index contributed by atoms with van der Waals surface area (Å²) in [6.07, 6.45) is 2.83. The summed E-state index contributed by atoms with van der Waals surface area (Å²) in [5.41, 5.74) is -0.377. The minimum absolute atomic E-state index is 0.0587. The van der Waals surface area contributed by atoms with Crippen LogP contribution < -0.4 is 10.5 Å². The molecule has 0 unspecified atom stereocenters. The zero-order valence-electron chi connectivity index (χ0n) is 26.0. The second-order valence-electron chi connectivity index (χ2n) is 11.7. The molecule has 1 aliphatic heterocycles. The van der Waals surface area contributed by atoms with Gasteiger partial charge in [0.2, 0.25) is 5.91 Å². The molecule has 1 aliphatic rings. The third-order valence-electron chi connectivity index (χ3n) is 8.25. The van der Waals surface area contributed by atoms with E-state index in [2.05, 4.69) is 22.6 Å². The second kappa shape index (κ2) is 12.8. The van der Waals surface area contributed by atoms with Crippen LogP contribution in [0.1, 0.15) is 50.4 Å². The lowest BCUT2D eigenvalue weighted by atomic mass is 10.0. The molecule has 0 saturated carbocycles. The number of nitrogens with zero attached hydrogens (tertiary/aromatic N) is 6. The molecule has 2 atom stereocenters. The number of phenolic OH excluding ortho intramolecular Hbond substituents is 1. The maximum absolute atomic E-state index is 15.5. The largest absolute Gasteiger partial charge is 0.505 e. The first-order valence-electron chi connectivity index (χ1n) is 14.6. The minimum atomic E-state index is -1.57. The number of piperazine rings is 1. The van der Waals surface area contributed by atoms with Crippen molar-refractivity contribution in [3.63, 3.8) is 0 Å². The SMILES string of the molecule is C=CC(=O)N1[C@H](C)CN(c2c(C#N)c(=O)n(-c3c(C)ccnc3C(C)C)c3nc(-c4c(F)c(F)c(Cl)c(O)c4Cl)c(Cl)cc23)C[C@@H]1C. The maximum atomic E-state index is 15.5. The number of rotatable bonds is 5. The van der Waals surface area contributed by atoms with Gasteiger partial charge in [-0.1, -0.05) is 55.2 Å². The Labute approximate surface area is 284 Å². The standard InChI is InChI=1S/C33H29Cl3F2N6O3/c1-7-21(45)43-16(5)12-42(13-17(43)6)30-18-10-20(34)28(22-23(35)31(46)24(36)26(38)25(22)37)41-32(18)44(33(47)19(30)11-39)29-15(4)8-9-40-27(29)14(2)3/h7-10,14,16-17,46H,1,12-13H2,2-6H3/t16-,17+. The number of fused-ring (bicyclic) bond motifs is 1. The van der Waals surface area contributed by atoms with Gasteiger partial charge in [0, 0.05) is 36.8 Å². The first kappa shape index (κ1) is 34.1. The van der Waals surface area contributed by atoms with Crippen LogP contribution in [0.4, 0.5) is 14.5 Å². The molecule has 14 heteroatoms. The van der Waals surface area contributed by atoms with E-state index in [4.69, 9.17) is 34.8 Å². The van der Waals surface area contributed by atoms with Gasteiger partial charge < -0.3 is 14.9 Å². The van der Waals surface area contributed by atoms with Crippen molar-refractivity contribution in [1.82, 2.24) is 19.4 Å². The average molecular weight is 702 g/mol. The molecule has 9 nitrogen and oxygen atoms in total. The number of amides is 1. The van der Waals surface area contributed by atoms with Gasteiger partial charge in [-0.25, -0.2) is 13.8 Å². The van der Waals surface area contributed by atoms with Crippen molar-refractivity contribution in [2.45, 2.75) is 52.6 Å². The Morgan fingerprint density at radius 3 is 2.36 bits per heavy atom. The van der Waals surface area contributed by atoms with Gasteiger partial charge in [0.05, 0.1) is 38.4 Å². The summed E-state index contributed by atoms with van der Waals surface area (Å²) < 4.78 is 31.5. The van der Waals surface area contributed by atoms with Crippen molar-refractivity contribution in [2.24, 2.45) is 0 Å². The highest BCUT2D eigenvalue weighted by Gasteiger charge is 2.36. The van der Waals surface area contributed by atoms with Crippen molar-refractivity contribution < 1.29 is 18.7 Å². The Balaban J connectivity index is 1.95. The van der Waals surface area contributed by atoms with Gasteiger partial charge in [0.15, 0.2) is 17.4 Å². The number of nitriles is 1. The van der Waals surface area contributed by atoms with Gasteiger partial charge in [-0.3, -0.25) is 19.1 Å². The molecule has 0 bridgehead atoms. The van der Waals surface area contributed by atoms with Crippen LogP contribution in [0.2, 0.25) is 15.1 Å². The monoisotopic (exact) mass is 700 g/mol. The zero-order valence-corrected chi connectivity index (χ0v) is 28.3. The summed E-state index contributed by atoms with van der Waals surface area (Å²) in [6.45, 7) is 13.3. The van der Waals surface area contributed by atoms with Crippen molar-refractivity contribution >= 4 is 57.4 Å². The van der Waals surface area contributed by atoms with Crippen LogP contribution in [-0.2, 0) is 4.79 Å². The fourth-order valence-corrected chi connectivity index (χ4v) is 6.98. The van der Waals surface area contributed by atoms with E-state index in [0.29, 0.717) is 16.9 Å². The molecule has 5 rings (SSSR count). The third kappa shape index (κ3) is 5.48. The number of carbonyl (C=O) groups is 1. The van der Waals surface area contributed by atoms with E-state index < -0.39 is 38.6 Å². The molecule has 1 N–H and O–H groups in total. The molecule has 0 spiro atoms. The lowest BCUT2D eigenvalue weighted by molar-refractivity contribution is -0.130. The molecule has 4 aromatic rings. The summed E-state index contributed by atoms with van der Waals surface area (Å²) in [4.78, 5) is 39.8. The number of pyridine rings is 3. The number of anilines is 1. The number of aromatic nitrogens is 3. The van der Waals surface area contributed by atoms with Crippen LogP contribution in [0, 0.1) is 29.9 Å². The van der Waals surface area contributed by atoms with Gasteiger partial charge >= 0.3 is 0 Å². The Morgan fingerprint density at radius 1 is 1.15 bits per heavy atom. The predicted octanol–water partition coefficient (Wildman–Crippen LogP) is 7.31. The number of benzene rings is 1. The number of hydrogen-bond acceptors (Lipinski definition) is 7. The number of phenols is 1. The van der Waals surface area contributed by atoms with Crippen LogP contribution in [0.5, 0.6) is 5.75 Å². The van der Waals surface area contributed by atoms with Crippen LogP contribution in [-0.4, -0.2) is 55.6 Å². The number of hydrogen-bond donors (Lipinski definition) is 1. The highest BCUT2D eigenvalue weighted by atomic mass is 35.5. The van der Waals surface area contributed by atoms with E-state index in [1.54, 1.807) is 24.1 Å². The third-order valence-corrected chi connectivity index (χ3v) is 9.26. The fraction of sp³-hybridized carbons (Fsp3) is 0.303. The number of aryl methyl sites for hydroxylation is 1. The van der Waals surface area contributed by atoms with E-state index in [1.165, 1.54) is 16.7 Å². The topological polar surface area (TPSA) is 115 Å². The molecule has 47 heavy (non-hydrogen) atoms. The Kier molecular flexibility index (Phi) is 9.25. The quantitative estimate of drug-likeness (QED) is 0.132. The maximum Gasteiger partial charge on any atom is 0.276 e. The first-order valence-corrected chi connectivity index (χ1v) is 15.7. The number of carbonyl (C=O) groups excluding carboxylic acids is 1. The summed E-state index contributed by atoms with van der Waals surface area (Å²) in [6, 6.07) is 4.45. The van der Waals surface area contributed by atoms with E-state index in [0.717, 1.165) is 0 Å². The van der Waals surface area contributed by atoms with Crippen molar-refractivity contribution in [2.75, 3.05) is 18.0 Å². The van der Waals surface area contributed by atoms with Crippen molar-refractivity contribution in [3.8, 4) is 28.8 Å². The normalized spacial score (nSPS) is 16.6. The Hall–Kier alpha value is -4.24. The molecule has 1 fully saturated rings. The molecule has 0 radical (unpaired) electrons. The van der Waals surface area contributed by atoms with E-state index in [-0.39, 0.29) is 70.0 Å². The van der Waals surface area contributed by atoms with Crippen molar-refractivity contribution in [3.05, 3.63) is 84.9 Å². The lowest BCUT2D eigenvalue weighted by Crippen LogP contribution is -2.58. The smallest absolute Gasteiger partial charge is 0.276 e. The van der Waals surface area contributed by atoms with Crippen LogP contribution in [0.25, 0.3) is 28.0 Å². The second-order valence-corrected chi connectivity index (χ2v) is 12.9. The van der Waals surface area contributed by atoms with Crippen LogP contribution >= 0.6 is 34.8 Å². The minimum Gasteiger partial charge on any atom is -0.505 e. The predicted molar refractivity (Wildman–Crippen MR) is 179 cm³/mol. The van der Waals surface area contributed by atoms with Gasteiger partial charge in [-0.2, -0.15) is 5.26 Å². The average Bonchev–Trinajstić information content (AvgIpc) is 3.02. The first-order chi connectivity index (χ1) is 22.2. The van der Waals surface area contributed by atoms with Crippen molar-refractivity contribution in [1.29, 1.82) is 5.26 Å². The van der Waals surface area contributed by atoms with Gasteiger partial charge in [0.1, 0.15) is 22.3 Å². The van der Waals surface area contributed by atoms with Gasteiger partial charge in [-0.15, -0.1) is 0 Å².